The Balaban J connectivity index is 1.74. The maximum Gasteiger partial charge on any atom is 0.237 e. The highest BCUT2D eigenvalue weighted by molar-refractivity contribution is 5.82. The summed E-state index contributed by atoms with van der Waals surface area (Å²) in [7, 11) is 0. The minimum absolute atomic E-state index is 0.0244. The van der Waals surface area contributed by atoms with Crippen molar-refractivity contribution >= 4 is 5.91 Å². The third-order valence-corrected chi connectivity index (χ3v) is 4.07. The van der Waals surface area contributed by atoms with Gasteiger partial charge in [0.1, 0.15) is 5.75 Å². The lowest BCUT2D eigenvalue weighted by Gasteiger charge is -2.19. The number of benzene rings is 1. The Labute approximate surface area is 126 Å². The van der Waals surface area contributed by atoms with Gasteiger partial charge >= 0.3 is 0 Å². The van der Waals surface area contributed by atoms with Crippen LogP contribution in [0.1, 0.15) is 44.6 Å². The van der Waals surface area contributed by atoms with E-state index in [0.29, 0.717) is 5.75 Å². The molecule has 2 unspecified atom stereocenters. The van der Waals surface area contributed by atoms with Crippen LogP contribution in [-0.4, -0.2) is 29.6 Å². The first-order valence-corrected chi connectivity index (χ1v) is 7.97. The number of phenols is 1. The van der Waals surface area contributed by atoms with Gasteiger partial charge < -0.3 is 15.7 Å². The summed E-state index contributed by atoms with van der Waals surface area (Å²) in [6.45, 7) is 3.00. The topological polar surface area (TPSA) is 61.4 Å². The third-order valence-electron chi connectivity index (χ3n) is 4.07. The Bertz CT molecular complexity index is 437. The van der Waals surface area contributed by atoms with Crippen molar-refractivity contribution in [3.8, 4) is 5.75 Å². The van der Waals surface area contributed by atoms with Crippen molar-refractivity contribution in [1.29, 1.82) is 0 Å². The number of rotatable bonds is 5. The van der Waals surface area contributed by atoms with Crippen molar-refractivity contribution in [1.82, 2.24) is 10.6 Å². The molecule has 0 saturated carbocycles. The van der Waals surface area contributed by atoms with Crippen molar-refractivity contribution in [2.45, 2.75) is 57.5 Å². The summed E-state index contributed by atoms with van der Waals surface area (Å²) in [5.74, 6) is 0.426. The zero-order valence-electron chi connectivity index (χ0n) is 12.8. The van der Waals surface area contributed by atoms with E-state index >= 15 is 0 Å². The number of hydrogen-bond donors (Lipinski definition) is 3. The van der Waals surface area contributed by atoms with E-state index < -0.39 is 0 Å². The molecule has 0 spiro atoms. The van der Waals surface area contributed by atoms with E-state index in [1.54, 1.807) is 12.1 Å². The average molecular weight is 290 g/mol. The number of aryl methyl sites for hydroxylation is 1. The molecule has 21 heavy (non-hydrogen) atoms. The molecule has 0 aromatic heterocycles. The maximum atomic E-state index is 12.2. The molecule has 0 bridgehead atoms. The van der Waals surface area contributed by atoms with Gasteiger partial charge in [-0.2, -0.15) is 0 Å². The van der Waals surface area contributed by atoms with Crippen molar-refractivity contribution < 1.29 is 9.90 Å². The van der Waals surface area contributed by atoms with Crippen LogP contribution in [0.25, 0.3) is 0 Å². The van der Waals surface area contributed by atoms with Crippen LogP contribution in [0.3, 0.4) is 0 Å². The Morgan fingerprint density at radius 3 is 2.86 bits per heavy atom. The van der Waals surface area contributed by atoms with E-state index in [1.807, 2.05) is 12.1 Å². The second-order valence-corrected chi connectivity index (χ2v) is 5.97. The largest absolute Gasteiger partial charge is 0.508 e. The normalized spacial score (nSPS) is 20.5. The molecule has 1 saturated heterocycles. The molecular formula is C17H26N2O2. The van der Waals surface area contributed by atoms with Crippen molar-refractivity contribution in [3.63, 3.8) is 0 Å². The number of amides is 1. The van der Waals surface area contributed by atoms with Gasteiger partial charge in [0.15, 0.2) is 0 Å². The van der Waals surface area contributed by atoms with Crippen LogP contribution in [-0.2, 0) is 11.2 Å². The van der Waals surface area contributed by atoms with E-state index in [2.05, 4.69) is 17.6 Å². The Morgan fingerprint density at radius 2 is 2.10 bits per heavy atom. The molecule has 1 amide bonds. The summed E-state index contributed by atoms with van der Waals surface area (Å²) < 4.78 is 0. The molecule has 1 aliphatic rings. The van der Waals surface area contributed by atoms with Gasteiger partial charge in [-0.05, 0) is 56.8 Å². The van der Waals surface area contributed by atoms with Crippen LogP contribution in [0.4, 0.5) is 0 Å². The summed E-state index contributed by atoms with van der Waals surface area (Å²) >= 11 is 0. The van der Waals surface area contributed by atoms with Gasteiger partial charge in [-0.15, -0.1) is 0 Å². The van der Waals surface area contributed by atoms with Gasteiger partial charge in [-0.3, -0.25) is 4.79 Å². The smallest absolute Gasteiger partial charge is 0.237 e. The zero-order chi connectivity index (χ0) is 15.1. The quantitative estimate of drug-likeness (QED) is 0.780. The second kappa shape index (κ2) is 8.03. The van der Waals surface area contributed by atoms with E-state index in [-0.39, 0.29) is 18.0 Å². The van der Waals surface area contributed by atoms with E-state index in [4.69, 9.17) is 0 Å². The first-order chi connectivity index (χ1) is 10.1. The molecule has 0 aliphatic carbocycles. The highest BCUT2D eigenvalue weighted by atomic mass is 16.3. The fraction of sp³-hybridized carbons (Fsp3) is 0.588. The lowest BCUT2D eigenvalue weighted by atomic mass is 10.1. The molecule has 0 radical (unpaired) electrons. The first-order valence-electron chi connectivity index (χ1n) is 7.97. The van der Waals surface area contributed by atoms with E-state index in [1.165, 1.54) is 18.4 Å². The van der Waals surface area contributed by atoms with Crippen molar-refractivity contribution in [3.05, 3.63) is 29.8 Å². The maximum absolute atomic E-state index is 12.2. The Morgan fingerprint density at radius 1 is 1.33 bits per heavy atom. The highest BCUT2D eigenvalue weighted by Gasteiger charge is 2.20. The zero-order valence-corrected chi connectivity index (χ0v) is 12.8. The van der Waals surface area contributed by atoms with Gasteiger partial charge in [-0.1, -0.05) is 25.0 Å². The highest BCUT2D eigenvalue weighted by Crippen LogP contribution is 2.12. The number of carbonyl (C=O) groups is 1. The van der Waals surface area contributed by atoms with Crippen molar-refractivity contribution in [2.24, 2.45) is 0 Å². The Hall–Kier alpha value is -1.55. The molecule has 4 heteroatoms. The van der Waals surface area contributed by atoms with Crippen LogP contribution in [0.15, 0.2) is 24.3 Å². The number of carbonyl (C=O) groups excluding carboxylic acids is 1. The van der Waals surface area contributed by atoms with Crippen LogP contribution >= 0.6 is 0 Å². The molecular weight excluding hydrogens is 264 g/mol. The summed E-state index contributed by atoms with van der Waals surface area (Å²) in [5, 5.41) is 15.7. The number of aromatic hydroxyl groups is 1. The third kappa shape index (κ3) is 5.38. The summed E-state index contributed by atoms with van der Waals surface area (Å²) in [6.07, 6.45) is 6.26. The van der Waals surface area contributed by atoms with Gasteiger partial charge in [0.2, 0.25) is 5.91 Å². The van der Waals surface area contributed by atoms with Gasteiger partial charge in [0.25, 0.3) is 0 Å². The molecule has 4 nitrogen and oxygen atoms in total. The van der Waals surface area contributed by atoms with Gasteiger partial charge in [0, 0.05) is 6.04 Å². The molecule has 1 heterocycles. The van der Waals surface area contributed by atoms with Crippen LogP contribution in [0, 0.1) is 0 Å². The summed E-state index contributed by atoms with van der Waals surface area (Å²) in [5.41, 5.74) is 1.18. The lowest BCUT2D eigenvalue weighted by molar-refractivity contribution is -0.123. The predicted octanol–water partition coefficient (Wildman–Crippen LogP) is 2.36. The van der Waals surface area contributed by atoms with Crippen LogP contribution in [0.5, 0.6) is 5.75 Å². The monoisotopic (exact) mass is 290 g/mol. The SMILES string of the molecule is CC(CCc1ccc(O)cc1)NC(=O)C1CCCCCN1. The molecule has 2 atom stereocenters. The van der Waals surface area contributed by atoms with Crippen molar-refractivity contribution in [2.75, 3.05) is 6.54 Å². The van der Waals surface area contributed by atoms with E-state index in [0.717, 1.165) is 32.2 Å². The fourth-order valence-corrected chi connectivity index (χ4v) is 2.71. The number of phenolic OH excluding ortho intramolecular Hbond substituents is 1. The molecule has 2 rings (SSSR count). The molecule has 1 aromatic carbocycles. The lowest BCUT2D eigenvalue weighted by Crippen LogP contribution is -2.46. The average Bonchev–Trinajstić information content (AvgIpc) is 2.76. The van der Waals surface area contributed by atoms with Gasteiger partial charge in [-0.25, -0.2) is 0 Å². The number of nitrogens with one attached hydrogen (secondary N) is 2. The predicted molar refractivity (Wildman–Crippen MR) is 84.3 cm³/mol. The van der Waals surface area contributed by atoms with Crippen LogP contribution in [0.2, 0.25) is 0 Å². The summed E-state index contributed by atoms with van der Waals surface area (Å²) in [6, 6.07) is 7.40. The fourth-order valence-electron chi connectivity index (χ4n) is 2.71. The Kier molecular flexibility index (Phi) is 6.05. The molecule has 1 aromatic rings. The molecule has 3 N–H and O–H groups in total. The molecule has 1 fully saturated rings. The number of hydrogen-bond acceptors (Lipinski definition) is 3. The first kappa shape index (κ1) is 15.8. The molecule has 1 aliphatic heterocycles. The summed E-state index contributed by atoms with van der Waals surface area (Å²) in [4.78, 5) is 12.2. The standard InChI is InChI=1S/C17H26N2O2/c1-13(6-7-14-8-10-15(20)11-9-14)19-17(21)16-5-3-2-4-12-18-16/h8-11,13,16,18,20H,2-7,12H2,1H3,(H,19,21). The molecule has 116 valence electrons. The van der Waals surface area contributed by atoms with Crippen LogP contribution < -0.4 is 10.6 Å². The van der Waals surface area contributed by atoms with E-state index in [9.17, 15) is 9.90 Å². The minimum Gasteiger partial charge on any atom is -0.508 e. The minimum atomic E-state index is -0.0244. The second-order valence-electron chi connectivity index (χ2n) is 5.97. The van der Waals surface area contributed by atoms with Gasteiger partial charge in [0.05, 0.1) is 6.04 Å².